The number of carbonyl (C=O) groups is 1. The zero-order valence-electron chi connectivity index (χ0n) is 17.2. The Bertz CT molecular complexity index is 1470. The maximum atomic E-state index is 13.7. The van der Waals surface area contributed by atoms with Crippen LogP contribution in [0.15, 0.2) is 90.0 Å². The van der Waals surface area contributed by atoms with E-state index in [4.69, 9.17) is 0 Å². The van der Waals surface area contributed by atoms with Crippen molar-refractivity contribution in [3.05, 3.63) is 107 Å². The monoisotopic (exact) mass is 439 g/mol. The maximum absolute atomic E-state index is 13.7. The van der Waals surface area contributed by atoms with Gasteiger partial charge in [-0.1, -0.05) is 77.6 Å². The predicted molar refractivity (Wildman–Crippen MR) is 129 cm³/mol. The van der Waals surface area contributed by atoms with Crippen molar-refractivity contribution >= 4 is 49.6 Å². The standard InChI is InChI=1S/C26H18FN3OS/c1-17-9-11-18(12-10-17)16-28-30(26-29-23-14-13-20(27)15-24(23)32-26)25(31)22-8-4-6-19-5-2-3-7-21(19)22/h2-16H,1H3/b28-16+. The average molecular weight is 440 g/mol. The molecule has 0 aliphatic heterocycles. The number of hydrogen-bond donors (Lipinski definition) is 0. The van der Waals surface area contributed by atoms with Crippen molar-refractivity contribution in [1.82, 2.24) is 4.98 Å². The van der Waals surface area contributed by atoms with Gasteiger partial charge in [-0.3, -0.25) is 4.79 Å². The number of carbonyl (C=O) groups excluding carboxylic acids is 1. The molecular weight excluding hydrogens is 421 g/mol. The van der Waals surface area contributed by atoms with Crippen molar-refractivity contribution in [3.8, 4) is 0 Å². The minimum Gasteiger partial charge on any atom is -0.267 e. The maximum Gasteiger partial charge on any atom is 0.281 e. The van der Waals surface area contributed by atoms with Crippen LogP contribution in [-0.4, -0.2) is 17.1 Å². The van der Waals surface area contributed by atoms with Gasteiger partial charge in [0.1, 0.15) is 5.82 Å². The van der Waals surface area contributed by atoms with E-state index in [9.17, 15) is 9.18 Å². The van der Waals surface area contributed by atoms with Crippen LogP contribution >= 0.6 is 11.3 Å². The van der Waals surface area contributed by atoms with Crippen LogP contribution in [0.5, 0.6) is 0 Å². The summed E-state index contributed by atoms with van der Waals surface area (Å²) in [6.07, 6.45) is 1.63. The van der Waals surface area contributed by atoms with E-state index in [1.165, 1.54) is 28.5 Å². The fraction of sp³-hybridized carbons (Fsp3) is 0.0385. The van der Waals surface area contributed by atoms with E-state index in [-0.39, 0.29) is 11.7 Å². The topological polar surface area (TPSA) is 45.6 Å². The van der Waals surface area contributed by atoms with E-state index < -0.39 is 0 Å². The van der Waals surface area contributed by atoms with E-state index in [1.54, 1.807) is 18.3 Å². The van der Waals surface area contributed by atoms with Crippen LogP contribution in [0, 0.1) is 12.7 Å². The summed E-state index contributed by atoms with van der Waals surface area (Å²) in [7, 11) is 0. The lowest BCUT2D eigenvalue weighted by molar-refractivity contribution is 0.0989. The Labute approximate surface area is 188 Å². The zero-order chi connectivity index (χ0) is 22.1. The number of benzene rings is 4. The first-order valence-electron chi connectivity index (χ1n) is 10.1. The Morgan fingerprint density at radius 2 is 1.78 bits per heavy atom. The van der Waals surface area contributed by atoms with Crippen LogP contribution in [0.3, 0.4) is 0 Å². The number of nitrogens with zero attached hydrogens (tertiary/aromatic N) is 3. The third kappa shape index (κ3) is 3.88. The molecule has 0 radical (unpaired) electrons. The highest BCUT2D eigenvalue weighted by Gasteiger charge is 2.22. The van der Waals surface area contributed by atoms with Crippen LogP contribution in [0.25, 0.3) is 21.0 Å². The second-order valence-corrected chi connectivity index (χ2v) is 8.42. The van der Waals surface area contributed by atoms with E-state index in [0.29, 0.717) is 20.9 Å². The van der Waals surface area contributed by atoms with Gasteiger partial charge >= 0.3 is 0 Å². The molecule has 0 aliphatic rings. The Hall–Kier alpha value is -3.90. The van der Waals surface area contributed by atoms with E-state index in [2.05, 4.69) is 10.1 Å². The van der Waals surface area contributed by atoms with Gasteiger partial charge in [0.05, 0.1) is 16.4 Å². The lowest BCUT2D eigenvalue weighted by Crippen LogP contribution is -2.25. The van der Waals surface area contributed by atoms with E-state index in [0.717, 1.165) is 21.9 Å². The summed E-state index contributed by atoms with van der Waals surface area (Å²) >= 11 is 1.23. The highest BCUT2D eigenvalue weighted by Crippen LogP contribution is 2.31. The minimum atomic E-state index is -0.345. The molecule has 0 spiro atoms. The van der Waals surface area contributed by atoms with Gasteiger partial charge in [0.2, 0.25) is 5.13 Å². The molecule has 0 aliphatic carbocycles. The first-order chi connectivity index (χ1) is 15.6. The van der Waals surface area contributed by atoms with Gasteiger partial charge in [-0.2, -0.15) is 10.1 Å². The van der Waals surface area contributed by atoms with Crippen molar-refractivity contribution in [2.75, 3.05) is 5.01 Å². The number of thiazole rings is 1. The summed E-state index contributed by atoms with van der Waals surface area (Å²) in [5.41, 5.74) is 3.14. The number of fused-ring (bicyclic) bond motifs is 2. The number of halogens is 1. The van der Waals surface area contributed by atoms with Gasteiger partial charge in [-0.05, 0) is 47.5 Å². The number of hydrogen-bond acceptors (Lipinski definition) is 4. The molecule has 0 saturated carbocycles. The number of amides is 1. The third-order valence-corrected chi connectivity index (χ3v) is 6.13. The molecular formula is C26H18FN3OS. The van der Waals surface area contributed by atoms with E-state index in [1.807, 2.05) is 67.6 Å². The summed E-state index contributed by atoms with van der Waals surface area (Å²) in [5, 5.41) is 7.99. The number of aryl methyl sites for hydroxylation is 1. The molecule has 5 rings (SSSR count). The van der Waals surface area contributed by atoms with Crippen LogP contribution in [0.4, 0.5) is 9.52 Å². The summed E-state index contributed by atoms with van der Waals surface area (Å²) in [4.78, 5) is 18.2. The lowest BCUT2D eigenvalue weighted by atomic mass is 10.0. The predicted octanol–water partition coefficient (Wildman–Crippen LogP) is 6.58. The molecule has 0 N–H and O–H groups in total. The number of hydrazone groups is 1. The van der Waals surface area contributed by atoms with Crippen LogP contribution in [0.2, 0.25) is 0 Å². The largest absolute Gasteiger partial charge is 0.281 e. The van der Waals surface area contributed by atoms with Crippen LogP contribution < -0.4 is 5.01 Å². The van der Waals surface area contributed by atoms with E-state index >= 15 is 0 Å². The molecule has 6 heteroatoms. The highest BCUT2D eigenvalue weighted by molar-refractivity contribution is 7.22. The second-order valence-electron chi connectivity index (χ2n) is 7.41. The fourth-order valence-electron chi connectivity index (χ4n) is 3.47. The minimum absolute atomic E-state index is 0.301. The third-order valence-electron chi connectivity index (χ3n) is 5.13. The molecule has 5 aromatic rings. The SMILES string of the molecule is Cc1ccc(/C=N/N(C(=O)c2cccc3ccccc23)c2nc3ccc(F)cc3s2)cc1. The molecule has 32 heavy (non-hydrogen) atoms. The Balaban J connectivity index is 1.62. The van der Waals surface area contributed by atoms with Crippen molar-refractivity contribution < 1.29 is 9.18 Å². The first kappa shape index (κ1) is 20.0. The molecule has 4 aromatic carbocycles. The Morgan fingerprint density at radius 3 is 2.62 bits per heavy atom. The molecule has 4 nitrogen and oxygen atoms in total. The van der Waals surface area contributed by atoms with Crippen molar-refractivity contribution in [1.29, 1.82) is 0 Å². The molecule has 0 atom stereocenters. The smallest absolute Gasteiger partial charge is 0.267 e. The van der Waals surface area contributed by atoms with Crippen LogP contribution in [-0.2, 0) is 0 Å². The molecule has 0 bridgehead atoms. The second kappa shape index (κ2) is 8.32. The fourth-order valence-corrected chi connectivity index (χ4v) is 4.42. The van der Waals surface area contributed by atoms with Crippen molar-refractivity contribution in [3.63, 3.8) is 0 Å². The average Bonchev–Trinajstić information content (AvgIpc) is 3.22. The Morgan fingerprint density at radius 1 is 1.00 bits per heavy atom. The molecule has 1 amide bonds. The molecule has 1 aromatic heterocycles. The highest BCUT2D eigenvalue weighted by atomic mass is 32.1. The van der Waals surface area contributed by atoms with Gasteiger partial charge in [-0.25, -0.2) is 9.37 Å². The molecule has 0 fully saturated rings. The van der Waals surface area contributed by atoms with Gasteiger partial charge in [0.15, 0.2) is 0 Å². The van der Waals surface area contributed by atoms with Gasteiger partial charge in [-0.15, -0.1) is 0 Å². The zero-order valence-corrected chi connectivity index (χ0v) is 18.0. The summed E-state index contributed by atoms with van der Waals surface area (Å²) in [6.45, 7) is 2.01. The summed E-state index contributed by atoms with van der Waals surface area (Å²) in [5.74, 6) is -0.646. The number of rotatable bonds is 4. The van der Waals surface area contributed by atoms with Gasteiger partial charge in [0.25, 0.3) is 5.91 Å². The normalized spacial score (nSPS) is 11.4. The lowest BCUT2D eigenvalue weighted by Gasteiger charge is -2.15. The van der Waals surface area contributed by atoms with Crippen LogP contribution in [0.1, 0.15) is 21.5 Å². The summed E-state index contributed by atoms with van der Waals surface area (Å²) in [6, 6.07) is 25.5. The van der Waals surface area contributed by atoms with Gasteiger partial charge in [0, 0.05) is 5.56 Å². The molecule has 0 unspecified atom stereocenters. The van der Waals surface area contributed by atoms with Gasteiger partial charge < -0.3 is 0 Å². The summed E-state index contributed by atoms with van der Waals surface area (Å²) < 4.78 is 14.4. The number of anilines is 1. The molecule has 0 saturated heterocycles. The quantitative estimate of drug-likeness (QED) is 0.235. The van der Waals surface area contributed by atoms with Crippen molar-refractivity contribution in [2.45, 2.75) is 6.92 Å². The molecule has 156 valence electrons. The Kier molecular flexibility index (Phi) is 5.21. The first-order valence-corrected chi connectivity index (χ1v) is 10.9. The molecule has 1 heterocycles. The van der Waals surface area contributed by atoms with Crippen molar-refractivity contribution in [2.24, 2.45) is 5.10 Å². The number of aromatic nitrogens is 1.